The fourth-order valence-corrected chi connectivity index (χ4v) is 6.25. The molecule has 0 amide bonds. The molecule has 4 rings (SSSR count). The number of carbonyl (C=O) groups is 1. The summed E-state index contributed by atoms with van der Waals surface area (Å²) < 4.78 is 0. The van der Waals surface area contributed by atoms with E-state index in [-0.39, 0.29) is 11.3 Å². The Kier molecular flexibility index (Phi) is 8.03. The molecule has 3 aliphatic carbocycles. The topological polar surface area (TPSA) is 57.5 Å². The molecule has 2 unspecified atom stereocenters. The van der Waals surface area contributed by atoms with Crippen LogP contribution < -0.4 is 0 Å². The van der Waals surface area contributed by atoms with Crippen molar-refractivity contribution in [2.24, 2.45) is 23.2 Å². The third kappa shape index (κ3) is 5.54. The summed E-state index contributed by atoms with van der Waals surface area (Å²) in [6, 6.07) is 5.93. The van der Waals surface area contributed by atoms with E-state index < -0.39 is 12.1 Å². The first kappa shape index (κ1) is 24.8. The number of carboxylic acids is 1. The van der Waals surface area contributed by atoms with Gasteiger partial charge in [-0.15, -0.1) is 0 Å². The van der Waals surface area contributed by atoms with Crippen molar-refractivity contribution in [1.29, 1.82) is 0 Å². The van der Waals surface area contributed by atoms with Crippen molar-refractivity contribution in [3.05, 3.63) is 58.7 Å². The number of allylic oxidation sites excluding steroid dienone is 4. The van der Waals surface area contributed by atoms with Gasteiger partial charge < -0.3 is 10.2 Å². The monoisotopic (exact) mass is 438 g/mol. The van der Waals surface area contributed by atoms with E-state index in [0.29, 0.717) is 36.2 Å². The molecule has 0 heterocycles. The first-order valence-electron chi connectivity index (χ1n) is 12.5. The van der Waals surface area contributed by atoms with Crippen LogP contribution in [0, 0.1) is 23.2 Å². The predicted octanol–water partition coefficient (Wildman–Crippen LogP) is 7.16. The lowest BCUT2D eigenvalue weighted by Gasteiger charge is -2.40. The van der Waals surface area contributed by atoms with E-state index in [1.165, 1.54) is 5.57 Å². The first-order valence-corrected chi connectivity index (χ1v) is 12.5. The Bertz CT molecular complexity index is 865. The van der Waals surface area contributed by atoms with Crippen LogP contribution in [-0.4, -0.2) is 22.3 Å². The maximum Gasteiger partial charge on any atom is 0.335 e. The minimum absolute atomic E-state index is 0.0485. The molecule has 3 nitrogen and oxygen atoms in total. The quantitative estimate of drug-likeness (QED) is 0.490. The van der Waals surface area contributed by atoms with Gasteiger partial charge in [0.15, 0.2) is 0 Å². The molecular formula is C29H42O3. The molecular weight excluding hydrogens is 396 g/mol. The van der Waals surface area contributed by atoms with Gasteiger partial charge in [0.1, 0.15) is 0 Å². The summed E-state index contributed by atoms with van der Waals surface area (Å²) in [4.78, 5) is 12.3. The first-order chi connectivity index (χ1) is 15.1. The average Bonchev–Trinajstić information content (AvgIpc) is 3.06. The van der Waals surface area contributed by atoms with Gasteiger partial charge in [-0.1, -0.05) is 63.6 Å². The molecule has 2 bridgehead atoms. The van der Waals surface area contributed by atoms with Crippen molar-refractivity contribution in [3.8, 4) is 0 Å². The fraction of sp³-hybridized carbons (Fsp3) is 0.621. The van der Waals surface area contributed by atoms with Gasteiger partial charge in [-0.3, -0.25) is 0 Å². The summed E-state index contributed by atoms with van der Waals surface area (Å²) in [6.07, 6.45) is 13.0. The molecule has 0 spiro atoms. The summed E-state index contributed by atoms with van der Waals surface area (Å²) in [5, 5.41) is 20.6. The lowest BCUT2D eigenvalue weighted by molar-refractivity contribution is 0.0692. The normalized spacial score (nSPS) is 31.8. The van der Waals surface area contributed by atoms with Crippen LogP contribution in [-0.2, 0) is 6.42 Å². The zero-order chi connectivity index (χ0) is 23.5. The molecule has 32 heavy (non-hydrogen) atoms. The van der Waals surface area contributed by atoms with E-state index in [1.54, 1.807) is 0 Å². The Hall–Kier alpha value is -1.87. The largest absolute Gasteiger partial charge is 0.478 e. The zero-order valence-electron chi connectivity index (χ0n) is 20.6. The van der Waals surface area contributed by atoms with Crippen LogP contribution in [0.25, 0.3) is 0 Å². The zero-order valence-corrected chi connectivity index (χ0v) is 20.6. The number of aliphatic hydroxyl groups excluding tert-OH is 1. The second kappa shape index (κ2) is 10.4. The van der Waals surface area contributed by atoms with Crippen molar-refractivity contribution in [3.63, 3.8) is 0 Å². The molecule has 3 aliphatic rings. The van der Waals surface area contributed by atoms with Crippen molar-refractivity contribution >= 4 is 5.97 Å². The highest BCUT2D eigenvalue weighted by Crippen LogP contribution is 2.58. The Morgan fingerprint density at radius 3 is 2.59 bits per heavy atom. The van der Waals surface area contributed by atoms with Crippen LogP contribution in [0.3, 0.4) is 0 Å². The summed E-state index contributed by atoms with van der Waals surface area (Å²) in [5.74, 6) is 0.937. The van der Waals surface area contributed by atoms with Gasteiger partial charge in [0.05, 0.1) is 11.7 Å². The van der Waals surface area contributed by atoms with Crippen molar-refractivity contribution in [1.82, 2.24) is 0 Å². The number of aromatic carboxylic acids is 1. The second-order valence-corrected chi connectivity index (χ2v) is 10.9. The minimum atomic E-state index is -0.849. The van der Waals surface area contributed by atoms with E-state index >= 15 is 0 Å². The summed E-state index contributed by atoms with van der Waals surface area (Å²) in [5.41, 5.74) is 3.73. The van der Waals surface area contributed by atoms with Gasteiger partial charge in [0.2, 0.25) is 0 Å². The Morgan fingerprint density at radius 2 is 1.91 bits per heavy atom. The molecule has 1 aromatic rings. The van der Waals surface area contributed by atoms with E-state index in [2.05, 4.69) is 65.0 Å². The smallest absolute Gasteiger partial charge is 0.335 e. The number of carboxylic acid groups (broad SMARTS) is 1. The fourth-order valence-electron chi connectivity index (χ4n) is 6.25. The maximum absolute atomic E-state index is 12.3. The molecule has 1 aromatic carbocycles. The number of fused-ring (bicyclic) bond motifs is 8. The van der Waals surface area contributed by atoms with Gasteiger partial charge in [-0.25, -0.2) is 4.79 Å². The molecule has 3 heteroatoms. The molecule has 1 fully saturated rings. The molecule has 0 aliphatic heterocycles. The van der Waals surface area contributed by atoms with Gasteiger partial charge >= 0.3 is 5.97 Å². The van der Waals surface area contributed by atoms with Crippen LogP contribution in [0.1, 0.15) is 101 Å². The SMILES string of the molecule is C/C1=C\CC[C@@]2(C)C(CC[C@@H]2C(C)/C=C/C(C)C)c2ccc(cc2C(=O)O)C[C@@H](O)CC1. The van der Waals surface area contributed by atoms with Crippen molar-refractivity contribution < 1.29 is 15.0 Å². The van der Waals surface area contributed by atoms with Gasteiger partial charge in [-0.05, 0) is 98.1 Å². The number of hydrogen-bond donors (Lipinski definition) is 2. The number of benzene rings is 1. The van der Waals surface area contributed by atoms with Gasteiger partial charge in [-0.2, -0.15) is 0 Å². The Balaban J connectivity index is 2.06. The summed E-state index contributed by atoms with van der Waals surface area (Å²) in [7, 11) is 0. The molecule has 176 valence electrons. The third-order valence-electron chi connectivity index (χ3n) is 8.09. The Morgan fingerprint density at radius 1 is 1.16 bits per heavy atom. The second-order valence-electron chi connectivity index (χ2n) is 10.9. The lowest BCUT2D eigenvalue weighted by Crippen LogP contribution is -2.32. The molecule has 5 atom stereocenters. The standard InChI is InChI=1S/C29H42O3/c1-19(2)8-10-21(4)26-14-15-27-24-13-11-22(18-25(24)28(31)32)17-23(30)12-9-20(3)7-6-16-29(26,27)5/h7-8,10-11,13,18-19,21,23,26-27,30H,6,9,12,14-17H2,1-5H3,(H,31,32)/b10-8+,20-7+/t21?,23-,26+,27?,29+/m0/s1. The molecule has 0 radical (unpaired) electrons. The highest BCUT2D eigenvalue weighted by molar-refractivity contribution is 5.90. The lowest BCUT2D eigenvalue weighted by atomic mass is 9.64. The maximum atomic E-state index is 12.3. The summed E-state index contributed by atoms with van der Waals surface area (Å²) >= 11 is 0. The van der Waals surface area contributed by atoms with E-state index in [9.17, 15) is 15.0 Å². The van der Waals surface area contributed by atoms with Crippen LogP contribution >= 0.6 is 0 Å². The number of aliphatic hydroxyl groups is 1. The third-order valence-corrected chi connectivity index (χ3v) is 8.09. The van der Waals surface area contributed by atoms with Crippen LogP contribution in [0.5, 0.6) is 0 Å². The van der Waals surface area contributed by atoms with Gasteiger partial charge in [0, 0.05) is 0 Å². The number of hydrogen-bond acceptors (Lipinski definition) is 2. The minimum Gasteiger partial charge on any atom is -0.478 e. The summed E-state index contributed by atoms with van der Waals surface area (Å²) in [6.45, 7) is 11.4. The van der Waals surface area contributed by atoms with E-state index in [0.717, 1.165) is 43.2 Å². The van der Waals surface area contributed by atoms with E-state index in [4.69, 9.17) is 0 Å². The highest BCUT2D eigenvalue weighted by Gasteiger charge is 2.48. The molecule has 0 aromatic heterocycles. The van der Waals surface area contributed by atoms with Crippen LogP contribution in [0.15, 0.2) is 42.0 Å². The van der Waals surface area contributed by atoms with Crippen LogP contribution in [0.2, 0.25) is 0 Å². The predicted molar refractivity (Wildman–Crippen MR) is 132 cm³/mol. The van der Waals surface area contributed by atoms with E-state index in [1.807, 2.05) is 6.07 Å². The Labute approximate surface area is 194 Å². The molecule has 2 N–H and O–H groups in total. The van der Waals surface area contributed by atoms with Crippen molar-refractivity contribution in [2.75, 3.05) is 0 Å². The van der Waals surface area contributed by atoms with Crippen LogP contribution in [0.4, 0.5) is 0 Å². The average molecular weight is 439 g/mol. The highest BCUT2D eigenvalue weighted by atomic mass is 16.4. The molecule has 0 saturated heterocycles. The number of rotatable bonds is 4. The van der Waals surface area contributed by atoms with Crippen molar-refractivity contribution in [2.45, 2.75) is 91.6 Å². The van der Waals surface area contributed by atoms with Gasteiger partial charge in [0.25, 0.3) is 0 Å². The molecule has 1 saturated carbocycles.